The number of nitrogens with one attached hydrogen (secondary N) is 2. The minimum Gasteiger partial charge on any atom is -0.487 e. The fourth-order valence-corrected chi connectivity index (χ4v) is 5.73. The number of aromatic nitrogens is 4. The van der Waals surface area contributed by atoms with Crippen molar-refractivity contribution in [3.05, 3.63) is 59.4 Å². The maximum atomic E-state index is 6.16. The van der Waals surface area contributed by atoms with Crippen molar-refractivity contribution in [1.29, 1.82) is 0 Å². The van der Waals surface area contributed by atoms with Crippen molar-refractivity contribution in [3.63, 3.8) is 0 Å². The van der Waals surface area contributed by atoms with Crippen molar-refractivity contribution in [2.45, 2.75) is 27.1 Å². The number of hydrogen-bond donors (Lipinski definition) is 2. The quantitative estimate of drug-likeness (QED) is 0.358. The van der Waals surface area contributed by atoms with Crippen LogP contribution in [0.5, 0.6) is 11.5 Å². The van der Waals surface area contributed by atoms with Crippen LogP contribution in [0, 0.1) is 13.8 Å². The lowest BCUT2D eigenvalue weighted by Crippen LogP contribution is -2.05. The Bertz CT molecular complexity index is 1520. The molecule has 2 N–H and O–H groups in total. The number of rotatable bonds is 1. The van der Waals surface area contributed by atoms with Gasteiger partial charge in [0.1, 0.15) is 36.4 Å². The molecule has 5 aromatic rings. The molecule has 0 saturated heterocycles. The molecule has 31 heavy (non-hydrogen) atoms. The zero-order chi connectivity index (χ0) is 20.7. The molecular weight excluding hydrogens is 408 g/mol. The van der Waals surface area contributed by atoms with E-state index in [1.54, 1.807) is 11.3 Å². The highest BCUT2D eigenvalue weighted by molar-refractivity contribution is 7.22. The summed E-state index contributed by atoms with van der Waals surface area (Å²) >= 11 is 1.75. The van der Waals surface area contributed by atoms with Gasteiger partial charge in [0.15, 0.2) is 0 Å². The third-order valence-corrected chi connectivity index (χ3v) is 7.14. The molecular formula is C24H18N4O2S. The van der Waals surface area contributed by atoms with E-state index in [9.17, 15) is 0 Å². The van der Waals surface area contributed by atoms with Gasteiger partial charge in [0.05, 0.1) is 27.5 Å². The second-order valence-electron chi connectivity index (χ2n) is 8.06. The number of benzene rings is 2. The summed E-state index contributed by atoms with van der Waals surface area (Å²) in [6.45, 7) is 4.99. The predicted molar refractivity (Wildman–Crippen MR) is 121 cm³/mol. The maximum Gasteiger partial charge on any atom is 0.147 e. The van der Waals surface area contributed by atoms with E-state index in [4.69, 9.17) is 9.47 Å². The highest BCUT2D eigenvalue weighted by Crippen LogP contribution is 2.47. The Morgan fingerprint density at radius 3 is 2.35 bits per heavy atom. The summed E-state index contributed by atoms with van der Waals surface area (Å²) in [6.07, 6.45) is 0. The molecule has 7 heteroatoms. The van der Waals surface area contributed by atoms with E-state index in [0.717, 1.165) is 67.3 Å². The fraction of sp³-hybridized carbons (Fsp3) is 0.167. The summed E-state index contributed by atoms with van der Waals surface area (Å²) in [5.74, 6) is 3.63. The summed E-state index contributed by atoms with van der Waals surface area (Å²) < 4.78 is 13.3. The molecule has 152 valence electrons. The molecule has 0 spiro atoms. The van der Waals surface area contributed by atoms with Crippen LogP contribution >= 0.6 is 11.3 Å². The molecule has 6 nitrogen and oxygen atoms in total. The van der Waals surface area contributed by atoms with Gasteiger partial charge in [-0.15, -0.1) is 11.3 Å². The second kappa shape index (κ2) is 5.98. The number of H-pyrrole nitrogens is 2. The Morgan fingerprint density at radius 2 is 1.55 bits per heavy atom. The average molecular weight is 427 g/mol. The lowest BCUT2D eigenvalue weighted by atomic mass is 10.0. The van der Waals surface area contributed by atoms with E-state index in [-0.39, 0.29) is 0 Å². The highest BCUT2D eigenvalue weighted by atomic mass is 32.1. The molecule has 0 saturated carbocycles. The normalized spacial score (nSPS) is 13.7. The van der Waals surface area contributed by atoms with Gasteiger partial charge in [0.25, 0.3) is 0 Å². The summed E-state index contributed by atoms with van der Waals surface area (Å²) in [6, 6.07) is 12.9. The summed E-state index contributed by atoms with van der Waals surface area (Å²) in [5, 5.41) is 1.18. The Morgan fingerprint density at radius 1 is 0.839 bits per heavy atom. The summed E-state index contributed by atoms with van der Waals surface area (Å²) in [7, 11) is 0. The van der Waals surface area contributed by atoms with Gasteiger partial charge < -0.3 is 19.4 Å². The van der Waals surface area contributed by atoms with Gasteiger partial charge >= 0.3 is 0 Å². The van der Waals surface area contributed by atoms with Crippen molar-refractivity contribution < 1.29 is 9.47 Å². The first-order chi connectivity index (χ1) is 15.1. The van der Waals surface area contributed by atoms with Crippen LogP contribution in [0.25, 0.3) is 43.0 Å². The summed E-state index contributed by atoms with van der Waals surface area (Å²) in [4.78, 5) is 17.1. The van der Waals surface area contributed by atoms with E-state index in [2.05, 4.69) is 56.3 Å². The number of aromatic amines is 2. The van der Waals surface area contributed by atoms with Crippen LogP contribution < -0.4 is 9.47 Å². The van der Waals surface area contributed by atoms with Crippen molar-refractivity contribution in [2.24, 2.45) is 0 Å². The van der Waals surface area contributed by atoms with E-state index in [1.165, 1.54) is 10.3 Å². The molecule has 2 aliphatic heterocycles. The van der Waals surface area contributed by atoms with E-state index < -0.39 is 0 Å². The van der Waals surface area contributed by atoms with Crippen LogP contribution in [-0.2, 0) is 13.2 Å². The number of imidazole rings is 2. The van der Waals surface area contributed by atoms with Crippen LogP contribution in [0.4, 0.5) is 0 Å². The first-order valence-corrected chi connectivity index (χ1v) is 11.0. The van der Waals surface area contributed by atoms with Gasteiger partial charge in [-0.2, -0.15) is 0 Å². The van der Waals surface area contributed by atoms with Gasteiger partial charge in [-0.05, 0) is 49.1 Å². The number of nitrogens with zero attached hydrogens (tertiary/aromatic N) is 2. The number of ether oxygens (including phenoxy) is 2. The molecule has 0 fully saturated rings. The number of hydrogen-bond acceptors (Lipinski definition) is 5. The lowest BCUT2D eigenvalue weighted by molar-refractivity contribution is 0.298. The van der Waals surface area contributed by atoms with Crippen LogP contribution in [0.1, 0.15) is 23.0 Å². The summed E-state index contributed by atoms with van der Waals surface area (Å²) in [5.41, 5.74) is 7.31. The van der Waals surface area contributed by atoms with E-state index >= 15 is 0 Å². The number of thiophene rings is 1. The number of fused-ring (bicyclic) bond motifs is 8. The average Bonchev–Trinajstić information content (AvgIpc) is 3.47. The SMILES string of the molecule is Cc1nc2c([nH]1)COc1cc(-c3cc4ccc5c(c4s3)OCc3[nH]c(C)nc3-5)ccc1-2. The molecule has 5 heterocycles. The fourth-order valence-electron chi connectivity index (χ4n) is 4.57. The first kappa shape index (κ1) is 17.1. The van der Waals surface area contributed by atoms with E-state index in [1.807, 2.05) is 13.8 Å². The van der Waals surface area contributed by atoms with Crippen molar-refractivity contribution in [3.8, 4) is 44.5 Å². The molecule has 0 atom stereocenters. The highest BCUT2D eigenvalue weighted by Gasteiger charge is 2.25. The van der Waals surface area contributed by atoms with Crippen LogP contribution in [0.2, 0.25) is 0 Å². The largest absolute Gasteiger partial charge is 0.487 e. The van der Waals surface area contributed by atoms with Crippen molar-refractivity contribution >= 4 is 21.4 Å². The van der Waals surface area contributed by atoms with Gasteiger partial charge in [0, 0.05) is 16.0 Å². The van der Waals surface area contributed by atoms with Crippen molar-refractivity contribution in [1.82, 2.24) is 19.9 Å². The Hall–Kier alpha value is -3.58. The van der Waals surface area contributed by atoms with Gasteiger partial charge in [-0.3, -0.25) is 0 Å². The molecule has 3 aromatic heterocycles. The Kier molecular flexibility index (Phi) is 3.31. The third-order valence-electron chi connectivity index (χ3n) is 5.94. The molecule has 2 aromatic carbocycles. The predicted octanol–water partition coefficient (Wildman–Crippen LogP) is 5.75. The standard InChI is InChI=1S/C24H18N4O2S/c1-11-25-17-9-29-19-7-13(3-5-15(19)21(17)27-11)20-8-14-4-6-16-22-18(26-12(2)28-22)10-30-23(16)24(14)31-20/h3-8H,9-10H2,1-2H3,(H,25,27)(H,26,28). The maximum absolute atomic E-state index is 6.16. The molecule has 0 amide bonds. The zero-order valence-corrected chi connectivity index (χ0v) is 17.8. The molecule has 2 aliphatic rings. The minimum atomic E-state index is 0.520. The minimum absolute atomic E-state index is 0.520. The smallest absolute Gasteiger partial charge is 0.147 e. The van der Waals surface area contributed by atoms with Crippen LogP contribution in [0.15, 0.2) is 36.4 Å². The van der Waals surface area contributed by atoms with Gasteiger partial charge in [-0.1, -0.05) is 12.1 Å². The topological polar surface area (TPSA) is 75.8 Å². The Labute approximate surface area is 181 Å². The van der Waals surface area contributed by atoms with Crippen LogP contribution in [-0.4, -0.2) is 19.9 Å². The molecule has 0 aliphatic carbocycles. The van der Waals surface area contributed by atoms with E-state index in [0.29, 0.717) is 13.2 Å². The molecule has 0 bridgehead atoms. The van der Waals surface area contributed by atoms with Gasteiger partial charge in [0.2, 0.25) is 0 Å². The second-order valence-corrected chi connectivity index (χ2v) is 9.11. The number of aryl methyl sites for hydroxylation is 2. The van der Waals surface area contributed by atoms with Gasteiger partial charge in [-0.25, -0.2) is 9.97 Å². The third kappa shape index (κ3) is 2.44. The molecule has 0 unspecified atom stereocenters. The Balaban J connectivity index is 1.35. The van der Waals surface area contributed by atoms with Crippen LogP contribution in [0.3, 0.4) is 0 Å². The molecule has 7 rings (SSSR count). The monoisotopic (exact) mass is 426 g/mol. The lowest BCUT2D eigenvalue weighted by Gasteiger charge is -2.17. The van der Waals surface area contributed by atoms with Crippen molar-refractivity contribution in [2.75, 3.05) is 0 Å². The first-order valence-electron chi connectivity index (χ1n) is 10.2. The molecule has 0 radical (unpaired) electrons. The zero-order valence-electron chi connectivity index (χ0n) is 17.0.